The monoisotopic (exact) mass is 152 g/mol. The van der Waals surface area contributed by atoms with Crippen molar-refractivity contribution in [2.45, 2.75) is 18.9 Å². The number of ether oxygens (including phenoxy) is 1. The second kappa shape index (κ2) is 4.58. The maximum absolute atomic E-state index is 10.3. The van der Waals surface area contributed by atoms with Gasteiger partial charge in [-0.15, -0.1) is 0 Å². The third kappa shape index (κ3) is 4.24. The SMILES string of the molecule is CCCOC(=O)C(O)Cl. The number of rotatable bonds is 3. The molecule has 0 aliphatic rings. The van der Waals surface area contributed by atoms with Crippen LogP contribution < -0.4 is 0 Å². The van der Waals surface area contributed by atoms with Gasteiger partial charge < -0.3 is 9.84 Å². The Morgan fingerprint density at radius 3 is 2.78 bits per heavy atom. The van der Waals surface area contributed by atoms with Crippen LogP contribution in [0.25, 0.3) is 0 Å². The van der Waals surface area contributed by atoms with E-state index in [9.17, 15) is 4.79 Å². The van der Waals surface area contributed by atoms with E-state index in [1.165, 1.54) is 0 Å². The van der Waals surface area contributed by atoms with Crippen LogP contribution in [0.2, 0.25) is 0 Å². The minimum atomic E-state index is -1.52. The summed E-state index contributed by atoms with van der Waals surface area (Å²) in [5.74, 6) is -0.779. The van der Waals surface area contributed by atoms with E-state index in [1.807, 2.05) is 6.92 Å². The number of halogens is 1. The topological polar surface area (TPSA) is 46.5 Å². The molecule has 4 heteroatoms. The van der Waals surface area contributed by atoms with E-state index in [0.717, 1.165) is 6.42 Å². The minimum absolute atomic E-state index is 0.308. The van der Waals surface area contributed by atoms with Crippen LogP contribution in [-0.2, 0) is 9.53 Å². The zero-order valence-corrected chi connectivity index (χ0v) is 5.89. The molecule has 0 bridgehead atoms. The molecular weight excluding hydrogens is 144 g/mol. The zero-order chi connectivity index (χ0) is 7.28. The second-order valence-electron chi connectivity index (χ2n) is 1.50. The van der Waals surface area contributed by atoms with Crippen LogP contribution in [0, 0.1) is 0 Å². The number of aliphatic hydroxyl groups is 1. The third-order valence-corrected chi connectivity index (χ3v) is 0.821. The van der Waals surface area contributed by atoms with Crippen molar-refractivity contribution < 1.29 is 14.6 Å². The summed E-state index contributed by atoms with van der Waals surface area (Å²) in [6.45, 7) is 2.16. The molecule has 0 aliphatic carbocycles. The Bertz CT molecular complexity index is 92.2. The van der Waals surface area contributed by atoms with Crippen molar-refractivity contribution in [3.8, 4) is 0 Å². The summed E-state index contributed by atoms with van der Waals surface area (Å²) in [5.41, 5.74) is -1.52. The van der Waals surface area contributed by atoms with Crippen LogP contribution in [0.4, 0.5) is 0 Å². The first-order valence-electron chi connectivity index (χ1n) is 2.67. The molecule has 0 fully saturated rings. The van der Waals surface area contributed by atoms with Crippen molar-refractivity contribution in [2.75, 3.05) is 6.61 Å². The lowest BCUT2D eigenvalue weighted by molar-refractivity contribution is -0.149. The van der Waals surface area contributed by atoms with E-state index in [4.69, 9.17) is 16.7 Å². The van der Waals surface area contributed by atoms with Gasteiger partial charge in [-0.2, -0.15) is 0 Å². The lowest BCUT2D eigenvalue weighted by atomic mass is 10.5. The van der Waals surface area contributed by atoms with E-state index in [0.29, 0.717) is 6.61 Å². The molecule has 3 nitrogen and oxygen atoms in total. The molecule has 54 valence electrons. The van der Waals surface area contributed by atoms with Crippen LogP contribution in [0.5, 0.6) is 0 Å². The van der Waals surface area contributed by atoms with Crippen molar-refractivity contribution in [1.29, 1.82) is 0 Å². The van der Waals surface area contributed by atoms with Gasteiger partial charge in [0, 0.05) is 0 Å². The Balaban J connectivity index is 3.28. The Hall–Kier alpha value is -0.280. The predicted molar refractivity (Wildman–Crippen MR) is 33.1 cm³/mol. The van der Waals surface area contributed by atoms with Gasteiger partial charge in [-0.25, -0.2) is 4.79 Å². The fourth-order valence-electron chi connectivity index (χ4n) is 0.271. The van der Waals surface area contributed by atoms with Crippen molar-refractivity contribution in [3.63, 3.8) is 0 Å². The zero-order valence-electron chi connectivity index (χ0n) is 5.13. The predicted octanol–water partition coefficient (Wildman–Crippen LogP) is 0.497. The number of alkyl halides is 1. The summed E-state index contributed by atoms with van der Waals surface area (Å²) in [7, 11) is 0. The van der Waals surface area contributed by atoms with Crippen LogP contribution in [0.3, 0.4) is 0 Å². The molecule has 1 atom stereocenters. The van der Waals surface area contributed by atoms with Crippen LogP contribution in [0.1, 0.15) is 13.3 Å². The molecule has 0 aromatic carbocycles. The van der Waals surface area contributed by atoms with E-state index >= 15 is 0 Å². The highest BCUT2D eigenvalue weighted by atomic mass is 35.5. The standard InChI is InChI=1S/C5H9ClO3/c1-2-3-9-5(8)4(6)7/h4,7H,2-3H2,1H3. The highest BCUT2D eigenvalue weighted by Gasteiger charge is 2.10. The molecule has 0 heterocycles. The van der Waals surface area contributed by atoms with Gasteiger partial charge in [-0.05, 0) is 6.42 Å². The van der Waals surface area contributed by atoms with E-state index < -0.39 is 11.5 Å². The molecule has 1 unspecified atom stereocenters. The smallest absolute Gasteiger partial charge is 0.350 e. The normalized spacial score (nSPS) is 12.8. The molecular formula is C5H9ClO3. The average molecular weight is 153 g/mol. The number of carbonyl (C=O) groups is 1. The van der Waals surface area contributed by atoms with Crippen molar-refractivity contribution in [3.05, 3.63) is 0 Å². The Morgan fingerprint density at radius 2 is 2.44 bits per heavy atom. The van der Waals surface area contributed by atoms with Crippen molar-refractivity contribution in [2.24, 2.45) is 0 Å². The summed E-state index contributed by atoms with van der Waals surface area (Å²) in [6.07, 6.45) is 0.731. The summed E-state index contributed by atoms with van der Waals surface area (Å²) in [5, 5.41) is 8.34. The molecule has 9 heavy (non-hydrogen) atoms. The van der Waals surface area contributed by atoms with Gasteiger partial charge in [0.05, 0.1) is 6.61 Å². The average Bonchev–Trinajstić information content (AvgIpc) is 1.82. The molecule has 0 spiro atoms. The Kier molecular flexibility index (Phi) is 4.44. The van der Waals surface area contributed by atoms with E-state index in [1.54, 1.807) is 0 Å². The number of hydrogen-bond donors (Lipinski definition) is 1. The first-order chi connectivity index (χ1) is 4.18. The van der Waals surface area contributed by atoms with Crippen LogP contribution in [-0.4, -0.2) is 23.2 Å². The molecule has 0 radical (unpaired) electrons. The van der Waals surface area contributed by atoms with E-state index in [2.05, 4.69) is 4.74 Å². The van der Waals surface area contributed by atoms with Gasteiger partial charge in [-0.3, -0.25) is 0 Å². The van der Waals surface area contributed by atoms with Crippen molar-refractivity contribution >= 4 is 17.6 Å². The van der Waals surface area contributed by atoms with Gasteiger partial charge in [-0.1, -0.05) is 18.5 Å². The van der Waals surface area contributed by atoms with Gasteiger partial charge in [0.15, 0.2) is 0 Å². The van der Waals surface area contributed by atoms with Gasteiger partial charge in [0.25, 0.3) is 0 Å². The summed E-state index contributed by atoms with van der Waals surface area (Å²) >= 11 is 4.94. The van der Waals surface area contributed by atoms with Gasteiger partial charge >= 0.3 is 5.97 Å². The Morgan fingerprint density at radius 1 is 1.89 bits per heavy atom. The largest absolute Gasteiger partial charge is 0.463 e. The van der Waals surface area contributed by atoms with Crippen molar-refractivity contribution in [1.82, 2.24) is 0 Å². The number of carbonyl (C=O) groups excluding carboxylic acids is 1. The maximum Gasteiger partial charge on any atom is 0.350 e. The fraction of sp³-hybridized carbons (Fsp3) is 0.800. The first-order valence-corrected chi connectivity index (χ1v) is 3.11. The van der Waals surface area contributed by atoms with E-state index in [-0.39, 0.29) is 0 Å². The Labute approximate surface area is 58.6 Å². The maximum atomic E-state index is 10.3. The van der Waals surface area contributed by atoms with Gasteiger partial charge in [0.1, 0.15) is 0 Å². The molecule has 0 saturated carbocycles. The molecule has 0 aromatic rings. The quantitative estimate of drug-likeness (QED) is 0.473. The highest BCUT2D eigenvalue weighted by Crippen LogP contribution is 1.93. The molecule has 1 N–H and O–H groups in total. The molecule has 0 aromatic heterocycles. The summed E-state index contributed by atoms with van der Waals surface area (Å²) in [6, 6.07) is 0. The summed E-state index contributed by atoms with van der Waals surface area (Å²) < 4.78 is 4.43. The first kappa shape index (κ1) is 8.72. The number of aliphatic hydroxyl groups excluding tert-OH is 1. The molecule has 0 rings (SSSR count). The number of hydrogen-bond acceptors (Lipinski definition) is 3. The minimum Gasteiger partial charge on any atom is -0.463 e. The lowest BCUT2D eigenvalue weighted by Crippen LogP contribution is -2.17. The van der Waals surface area contributed by atoms with Gasteiger partial charge in [0.2, 0.25) is 5.56 Å². The molecule has 0 aliphatic heterocycles. The number of esters is 1. The fourth-order valence-corrected chi connectivity index (χ4v) is 0.334. The lowest BCUT2D eigenvalue weighted by Gasteiger charge is -2.01. The molecule has 0 saturated heterocycles. The second-order valence-corrected chi connectivity index (χ2v) is 1.92. The third-order valence-electron chi connectivity index (χ3n) is 0.643. The highest BCUT2D eigenvalue weighted by molar-refractivity contribution is 6.28. The molecule has 0 amide bonds. The van der Waals surface area contributed by atoms with Crippen LogP contribution >= 0.6 is 11.6 Å². The van der Waals surface area contributed by atoms with Crippen LogP contribution in [0.15, 0.2) is 0 Å². The summed E-state index contributed by atoms with van der Waals surface area (Å²) in [4.78, 5) is 10.3.